The second-order valence-corrected chi connectivity index (χ2v) is 5.86. The van der Waals surface area contributed by atoms with Gasteiger partial charge in [0.25, 0.3) is 0 Å². The van der Waals surface area contributed by atoms with Gasteiger partial charge in [-0.05, 0) is 37.3 Å². The van der Waals surface area contributed by atoms with Crippen LogP contribution in [0.3, 0.4) is 0 Å². The molecule has 1 aliphatic heterocycles. The molecule has 1 aliphatic rings. The van der Waals surface area contributed by atoms with E-state index in [0.29, 0.717) is 18.2 Å². The third kappa shape index (κ3) is 3.74. The molecule has 1 N–H and O–H groups in total. The van der Waals surface area contributed by atoms with Crippen molar-refractivity contribution in [3.05, 3.63) is 53.3 Å². The fourth-order valence-electron chi connectivity index (χ4n) is 2.58. The standard InChI is InChI=1S/C17H18ClN3O2/c1-12(14-4-2-3-7-19-14)20-17(22)11-21-8-9-23-16-6-5-13(18)10-15(16)21/h2-7,10,12H,8-9,11H2,1H3,(H,20,22)/t12-/m0/s1. The van der Waals surface area contributed by atoms with Crippen LogP contribution in [-0.4, -0.2) is 30.6 Å². The molecule has 5 nitrogen and oxygen atoms in total. The van der Waals surface area contributed by atoms with Gasteiger partial charge in [0.2, 0.25) is 5.91 Å². The molecule has 1 aromatic carbocycles. The van der Waals surface area contributed by atoms with Crippen molar-refractivity contribution in [3.8, 4) is 5.75 Å². The Balaban J connectivity index is 1.66. The van der Waals surface area contributed by atoms with E-state index in [1.807, 2.05) is 42.2 Å². The summed E-state index contributed by atoms with van der Waals surface area (Å²) in [6.45, 7) is 3.38. The molecule has 1 amide bonds. The summed E-state index contributed by atoms with van der Waals surface area (Å²) >= 11 is 6.05. The highest BCUT2D eigenvalue weighted by molar-refractivity contribution is 6.31. The first kappa shape index (κ1) is 15.6. The number of rotatable bonds is 4. The van der Waals surface area contributed by atoms with Crippen LogP contribution in [0.5, 0.6) is 5.75 Å². The van der Waals surface area contributed by atoms with Crippen LogP contribution in [0.2, 0.25) is 5.02 Å². The van der Waals surface area contributed by atoms with Crippen LogP contribution in [-0.2, 0) is 4.79 Å². The Morgan fingerprint density at radius 2 is 2.30 bits per heavy atom. The maximum absolute atomic E-state index is 12.3. The van der Waals surface area contributed by atoms with Gasteiger partial charge in [0, 0.05) is 11.2 Å². The first-order chi connectivity index (χ1) is 11.1. The first-order valence-electron chi connectivity index (χ1n) is 7.51. The van der Waals surface area contributed by atoms with Crippen LogP contribution >= 0.6 is 11.6 Å². The molecule has 6 heteroatoms. The zero-order valence-electron chi connectivity index (χ0n) is 12.8. The lowest BCUT2D eigenvalue weighted by Crippen LogP contribution is -2.42. The number of hydrogen-bond acceptors (Lipinski definition) is 4. The molecule has 3 rings (SSSR count). The molecule has 1 atom stereocenters. The normalized spacial score (nSPS) is 14.6. The van der Waals surface area contributed by atoms with Crippen molar-refractivity contribution >= 4 is 23.2 Å². The molecule has 0 spiro atoms. The molecule has 0 radical (unpaired) electrons. The number of halogens is 1. The lowest BCUT2D eigenvalue weighted by molar-refractivity contribution is -0.120. The Hall–Kier alpha value is -2.27. The van der Waals surface area contributed by atoms with Gasteiger partial charge in [-0.1, -0.05) is 17.7 Å². The minimum absolute atomic E-state index is 0.0593. The Kier molecular flexibility index (Phi) is 4.67. The quantitative estimate of drug-likeness (QED) is 0.936. The average Bonchev–Trinajstić information content (AvgIpc) is 2.56. The number of nitrogens with zero attached hydrogens (tertiary/aromatic N) is 2. The number of carbonyl (C=O) groups excluding carboxylic acids is 1. The van der Waals surface area contributed by atoms with Crippen LogP contribution in [0.15, 0.2) is 42.6 Å². The van der Waals surface area contributed by atoms with E-state index in [4.69, 9.17) is 16.3 Å². The first-order valence-corrected chi connectivity index (χ1v) is 7.89. The highest BCUT2D eigenvalue weighted by atomic mass is 35.5. The summed E-state index contributed by atoms with van der Waals surface area (Å²) in [6, 6.07) is 11.0. The van der Waals surface area contributed by atoms with Gasteiger partial charge < -0.3 is 15.0 Å². The van der Waals surface area contributed by atoms with Gasteiger partial charge in [-0.15, -0.1) is 0 Å². The highest BCUT2D eigenvalue weighted by Gasteiger charge is 2.21. The Labute approximate surface area is 140 Å². The Morgan fingerprint density at radius 3 is 3.09 bits per heavy atom. The largest absolute Gasteiger partial charge is 0.490 e. The SMILES string of the molecule is C[C@H](NC(=O)CN1CCOc2ccc(Cl)cc21)c1ccccn1. The number of anilines is 1. The van der Waals surface area contributed by atoms with E-state index in [1.165, 1.54) is 0 Å². The summed E-state index contributed by atoms with van der Waals surface area (Å²) in [5, 5.41) is 3.60. The highest BCUT2D eigenvalue weighted by Crippen LogP contribution is 2.33. The molecule has 120 valence electrons. The Morgan fingerprint density at radius 1 is 1.43 bits per heavy atom. The second kappa shape index (κ2) is 6.87. The van der Waals surface area contributed by atoms with E-state index in [0.717, 1.165) is 17.1 Å². The zero-order valence-corrected chi connectivity index (χ0v) is 13.6. The van der Waals surface area contributed by atoms with E-state index in [9.17, 15) is 4.79 Å². The summed E-state index contributed by atoms with van der Waals surface area (Å²) in [5.74, 6) is 0.696. The summed E-state index contributed by atoms with van der Waals surface area (Å²) in [4.78, 5) is 18.6. The van der Waals surface area contributed by atoms with Gasteiger partial charge >= 0.3 is 0 Å². The van der Waals surface area contributed by atoms with Crippen LogP contribution < -0.4 is 15.0 Å². The minimum atomic E-state index is -0.136. The van der Waals surface area contributed by atoms with Crippen LogP contribution in [0, 0.1) is 0 Å². The smallest absolute Gasteiger partial charge is 0.240 e. The lowest BCUT2D eigenvalue weighted by atomic mass is 10.2. The topological polar surface area (TPSA) is 54.5 Å². The molecular weight excluding hydrogens is 314 g/mol. The zero-order chi connectivity index (χ0) is 16.2. The van der Waals surface area contributed by atoms with Gasteiger partial charge in [0.15, 0.2) is 0 Å². The van der Waals surface area contributed by atoms with E-state index < -0.39 is 0 Å². The maximum atomic E-state index is 12.3. The molecule has 2 heterocycles. The molecule has 0 unspecified atom stereocenters. The van der Waals surface area contributed by atoms with Crippen molar-refractivity contribution in [2.75, 3.05) is 24.6 Å². The Bertz CT molecular complexity index is 693. The van der Waals surface area contributed by atoms with Gasteiger partial charge in [-0.2, -0.15) is 0 Å². The second-order valence-electron chi connectivity index (χ2n) is 5.43. The van der Waals surface area contributed by atoms with Crippen LogP contribution in [0.25, 0.3) is 0 Å². The predicted molar refractivity (Wildman–Crippen MR) is 90.0 cm³/mol. The van der Waals surface area contributed by atoms with Crippen LogP contribution in [0.1, 0.15) is 18.7 Å². The summed E-state index contributed by atoms with van der Waals surface area (Å²) in [7, 11) is 0. The average molecular weight is 332 g/mol. The monoisotopic (exact) mass is 331 g/mol. The van der Waals surface area contributed by atoms with E-state index in [1.54, 1.807) is 12.3 Å². The number of carbonyl (C=O) groups is 1. The molecule has 0 aliphatic carbocycles. The molecule has 0 saturated heterocycles. The van der Waals surface area contributed by atoms with Crippen molar-refractivity contribution in [1.82, 2.24) is 10.3 Å². The third-order valence-electron chi connectivity index (χ3n) is 3.72. The molecular formula is C17H18ClN3O2. The number of benzene rings is 1. The fraction of sp³-hybridized carbons (Fsp3) is 0.294. The fourth-order valence-corrected chi connectivity index (χ4v) is 2.74. The molecule has 0 fully saturated rings. The molecule has 0 saturated carbocycles. The number of fused-ring (bicyclic) bond motifs is 1. The predicted octanol–water partition coefficient (Wildman–Crippen LogP) is 2.81. The molecule has 2 aromatic rings. The number of aromatic nitrogens is 1. The number of nitrogens with one attached hydrogen (secondary N) is 1. The van der Waals surface area contributed by atoms with Gasteiger partial charge in [0.1, 0.15) is 12.4 Å². The summed E-state index contributed by atoms with van der Waals surface area (Å²) in [6.07, 6.45) is 1.72. The van der Waals surface area contributed by atoms with E-state index in [-0.39, 0.29) is 18.5 Å². The van der Waals surface area contributed by atoms with Crippen molar-refractivity contribution in [2.24, 2.45) is 0 Å². The third-order valence-corrected chi connectivity index (χ3v) is 3.96. The molecule has 1 aromatic heterocycles. The van der Waals surface area contributed by atoms with Crippen LogP contribution in [0.4, 0.5) is 5.69 Å². The lowest BCUT2D eigenvalue weighted by Gasteiger charge is -2.31. The van der Waals surface area contributed by atoms with E-state index >= 15 is 0 Å². The molecule has 0 bridgehead atoms. The number of amides is 1. The van der Waals surface area contributed by atoms with Crippen molar-refractivity contribution in [3.63, 3.8) is 0 Å². The number of hydrogen-bond donors (Lipinski definition) is 1. The van der Waals surface area contributed by atoms with Crippen molar-refractivity contribution in [2.45, 2.75) is 13.0 Å². The van der Waals surface area contributed by atoms with E-state index in [2.05, 4.69) is 10.3 Å². The maximum Gasteiger partial charge on any atom is 0.240 e. The summed E-state index contributed by atoms with van der Waals surface area (Å²) < 4.78 is 5.60. The van der Waals surface area contributed by atoms with Crippen molar-refractivity contribution < 1.29 is 9.53 Å². The number of pyridine rings is 1. The molecule has 23 heavy (non-hydrogen) atoms. The van der Waals surface area contributed by atoms with Gasteiger partial charge in [-0.25, -0.2) is 0 Å². The van der Waals surface area contributed by atoms with Gasteiger partial charge in [-0.3, -0.25) is 9.78 Å². The number of ether oxygens (including phenoxy) is 1. The summed E-state index contributed by atoms with van der Waals surface area (Å²) in [5.41, 5.74) is 1.69. The van der Waals surface area contributed by atoms with Crippen molar-refractivity contribution in [1.29, 1.82) is 0 Å². The van der Waals surface area contributed by atoms with Gasteiger partial charge in [0.05, 0.1) is 30.5 Å². The minimum Gasteiger partial charge on any atom is -0.490 e.